The Morgan fingerprint density at radius 2 is 2.21 bits per heavy atom. The molecule has 104 valence electrons. The molecule has 1 fully saturated rings. The summed E-state index contributed by atoms with van der Waals surface area (Å²) >= 11 is 0. The van der Waals surface area contributed by atoms with E-state index in [0.717, 1.165) is 6.42 Å². The van der Waals surface area contributed by atoms with Gasteiger partial charge >= 0.3 is 5.97 Å². The topological polar surface area (TPSA) is 75.4 Å². The van der Waals surface area contributed by atoms with Crippen molar-refractivity contribution in [3.8, 4) is 0 Å². The van der Waals surface area contributed by atoms with Gasteiger partial charge < -0.3 is 10.0 Å². The monoisotopic (exact) mass is 265 g/mol. The van der Waals surface area contributed by atoms with Crippen molar-refractivity contribution < 1.29 is 14.7 Å². The molecule has 1 aliphatic heterocycles. The van der Waals surface area contributed by atoms with Crippen LogP contribution in [0.4, 0.5) is 0 Å². The molecule has 0 bridgehead atoms. The molecule has 0 aliphatic carbocycles. The van der Waals surface area contributed by atoms with Gasteiger partial charge in [-0.2, -0.15) is 5.10 Å². The van der Waals surface area contributed by atoms with Crippen LogP contribution in [0, 0.1) is 6.92 Å². The largest absolute Gasteiger partial charge is 0.479 e. The van der Waals surface area contributed by atoms with Crippen LogP contribution in [-0.2, 0) is 11.8 Å². The maximum absolute atomic E-state index is 12.6. The highest BCUT2D eigenvalue weighted by Crippen LogP contribution is 2.34. The van der Waals surface area contributed by atoms with Crippen molar-refractivity contribution in [2.24, 2.45) is 7.05 Å². The van der Waals surface area contributed by atoms with Crippen molar-refractivity contribution in [3.63, 3.8) is 0 Å². The highest BCUT2D eigenvalue weighted by Gasteiger charge is 2.49. The van der Waals surface area contributed by atoms with E-state index >= 15 is 0 Å². The zero-order valence-corrected chi connectivity index (χ0v) is 11.5. The summed E-state index contributed by atoms with van der Waals surface area (Å²) in [5, 5.41) is 13.6. The first-order chi connectivity index (χ1) is 8.92. The van der Waals surface area contributed by atoms with Crippen LogP contribution in [0.25, 0.3) is 0 Å². The van der Waals surface area contributed by atoms with Gasteiger partial charge in [-0.15, -0.1) is 0 Å². The maximum Gasteiger partial charge on any atom is 0.329 e. The van der Waals surface area contributed by atoms with Crippen LogP contribution in [0.5, 0.6) is 0 Å². The van der Waals surface area contributed by atoms with Gasteiger partial charge in [-0.25, -0.2) is 4.79 Å². The second-order valence-corrected chi connectivity index (χ2v) is 5.05. The first-order valence-corrected chi connectivity index (χ1v) is 6.48. The molecule has 6 heteroatoms. The standard InChI is InChI=1S/C13H19N3O3/c1-4-13(12(18)19)6-5-7-16(13)11(17)10-8-15(3)14-9(10)2/h8H,4-7H2,1-3H3,(H,18,19). The molecule has 1 aromatic rings. The number of hydrogen-bond acceptors (Lipinski definition) is 3. The number of hydrogen-bond donors (Lipinski definition) is 1. The summed E-state index contributed by atoms with van der Waals surface area (Å²) in [5.74, 6) is -1.14. The summed E-state index contributed by atoms with van der Waals surface area (Å²) in [6.07, 6.45) is 3.32. The Hall–Kier alpha value is -1.85. The smallest absolute Gasteiger partial charge is 0.329 e. The average Bonchev–Trinajstić information content (AvgIpc) is 2.92. The van der Waals surface area contributed by atoms with Crippen LogP contribution in [0.2, 0.25) is 0 Å². The van der Waals surface area contributed by atoms with Crippen LogP contribution in [0.15, 0.2) is 6.20 Å². The number of carbonyl (C=O) groups is 2. The molecule has 1 N–H and O–H groups in total. The van der Waals surface area contributed by atoms with Gasteiger partial charge in [0.15, 0.2) is 0 Å². The molecule has 1 atom stereocenters. The fourth-order valence-corrected chi connectivity index (χ4v) is 2.87. The van der Waals surface area contributed by atoms with Crippen molar-refractivity contribution in [1.82, 2.24) is 14.7 Å². The Balaban J connectivity index is 2.38. The third kappa shape index (κ3) is 2.01. The summed E-state index contributed by atoms with van der Waals surface area (Å²) < 4.78 is 1.58. The molecule has 1 amide bonds. The molecule has 2 heterocycles. The van der Waals surface area contributed by atoms with Crippen molar-refractivity contribution in [2.75, 3.05) is 6.54 Å². The van der Waals surface area contributed by atoms with Gasteiger partial charge in [0, 0.05) is 19.8 Å². The molecule has 2 rings (SSSR count). The molecule has 1 aliphatic rings. The van der Waals surface area contributed by atoms with E-state index in [1.54, 1.807) is 24.9 Å². The average molecular weight is 265 g/mol. The van der Waals surface area contributed by atoms with E-state index in [9.17, 15) is 14.7 Å². The van der Waals surface area contributed by atoms with Gasteiger partial charge in [0.25, 0.3) is 5.91 Å². The van der Waals surface area contributed by atoms with Crippen molar-refractivity contribution in [1.29, 1.82) is 0 Å². The zero-order valence-electron chi connectivity index (χ0n) is 11.5. The molecule has 6 nitrogen and oxygen atoms in total. The number of amides is 1. The van der Waals surface area contributed by atoms with Gasteiger partial charge in [0.05, 0.1) is 11.3 Å². The van der Waals surface area contributed by atoms with Crippen LogP contribution in [0.3, 0.4) is 0 Å². The Labute approximate surface area is 112 Å². The Morgan fingerprint density at radius 1 is 1.53 bits per heavy atom. The lowest BCUT2D eigenvalue weighted by molar-refractivity contribution is -0.148. The maximum atomic E-state index is 12.6. The predicted molar refractivity (Wildman–Crippen MR) is 68.9 cm³/mol. The molecule has 0 saturated carbocycles. The summed E-state index contributed by atoms with van der Waals surface area (Å²) in [7, 11) is 1.75. The number of carboxylic acid groups (broad SMARTS) is 1. The predicted octanol–water partition coefficient (Wildman–Crippen LogP) is 1.20. The summed E-state index contributed by atoms with van der Waals surface area (Å²) in [5.41, 5.74) is 0.0672. The number of aryl methyl sites for hydroxylation is 2. The molecular formula is C13H19N3O3. The fraction of sp³-hybridized carbons (Fsp3) is 0.615. The number of carboxylic acids is 1. The van der Waals surface area contributed by atoms with Crippen LogP contribution in [-0.4, -0.2) is 43.7 Å². The lowest BCUT2D eigenvalue weighted by Gasteiger charge is -2.33. The minimum absolute atomic E-state index is 0.229. The first-order valence-electron chi connectivity index (χ1n) is 6.48. The number of carbonyl (C=O) groups excluding carboxylic acids is 1. The van der Waals surface area contributed by atoms with E-state index in [2.05, 4.69) is 5.10 Å². The van der Waals surface area contributed by atoms with Crippen molar-refractivity contribution >= 4 is 11.9 Å². The zero-order chi connectivity index (χ0) is 14.2. The van der Waals surface area contributed by atoms with E-state index in [1.807, 2.05) is 6.92 Å². The summed E-state index contributed by atoms with van der Waals surface area (Å²) in [6, 6.07) is 0. The van der Waals surface area contributed by atoms with Crippen LogP contribution in [0.1, 0.15) is 42.2 Å². The molecule has 1 saturated heterocycles. The van der Waals surface area contributed by atoms with E-state index in [-0.39, 0.29) is 5.91 Å². The Kier molecular flexibility index (Phi) is 3.34. The molecule has 1 unspecified atom stereocenters. The molecule has 0 radical (unpaired) electrons. The van der Waals surface area contributed by atoms with Gasteiger partial charge in [-0.1, -0.05) is 6.92 Å². The Morgan fingerprint density at radius 3 is 2.68 bits per heavy atom. The minimum atomic E-state index is -1.06. The van der Waals surface area contributed by atoms with Gasteiger partial charge in [-0.3, -0.25) is 9.48 Å². The fourth-order valence-electron chi connectivity index (χ4n) is 2.87. The highest BCUT2D eigenvalue weighted by molar-refractivity contribution is 5.98. The van der Waals surface area contributed by atoms with E-state index < -0.39 is 11.5 Å². The third-order valence-electron chi connectivity index (χ3n) is 3.96. The van der Waals surface area contributed by atoms with Crippen molar-refractivity contribution in [2.45, 2.75) is 38.6 Å². The molecule has 19 heavy (non-hydrogen) atoms. The summed E-state index contributed by atoms with van der Waals surface area (Å²) in [6.45, 7) is 4.07. The first kappa shape index (κ1) is 13.6. The van der Waals surface area contributed by atoms with Crippen molar-refractivity contribution in [3.05, 3.63) is 17.5 Å². The van der Waals surface area contributed by atoms with E-state index in [0.29, 0.717) is 30.6 Å². The van der Waals surface area contributed by atoms with Crippen LogP contribution < -0.4 is 0 Å². The van der Waals surface area contributed by atoms with E-state index in [1.165, 1.54) is 4.90 Å². The van der Waals surface area contributed by atoms with Crippen LogP contribution >= 0.6 is 0 Å². The Bertz CT molecular complexity index is 523. The molecule has 1 aromatic heterocycles. The highest BCUT2D eigenvalue weighted by atomic mass is 16.4. The van der Waals surface area contributed by atoms with Gasteiger partial charge in [0.1, 0.15) is 5.54 Å². The molecular weight excluding hydrogens is 246 g/mol. The number of aromatic nitrogens is 2. The lowest BCUT2D eigenvalue weighted by atomic mass is 9.92. The normalized spacial score (nSPS) is 22.8. The number of aliphatic carboxylic acids is 1. The number of rotatable bonds is 3. The van der Waals surface area contributed by atoms with Gasteiger partial charge in [-0.05, 0) is 26.2 Å². The second-order valence-electron chi connectivity index (χ2n) is 5.05. The SMILES string of the molecule is CCC1(C(=O)O)CCCN1C(=O)c1cn(C)nc1C. The molecule has 0 spiro atoms. The second kappa shape index (κ2) is 4.68. The third-order valence-corrected chi connectivity index (χ3v) is 3.96. The molecule has 0 aromatic carbocycles. The lowest BCUT2D eigenvalue weighted by Crippen LogP contribution is -2.52. The van der Waals surface area contributed by atoms with E-state index in [4.69, 9.17) is 0 Å². The number of nitrogens with zero attached hydrogens (tertiary/aromatic N) is 3. The van der Waals surface area contributed by atoms with Gasteiger partial charge in [0.2, 0.25) is 0 Å². The quantitative estimate of drug-likeness (QED) is 0.891. The number of likely N-dealkylation sites (tertiary alicyclic amines) is 1. The minimum Gasteiger partial charge on any atom is -0.479 e. The summed E-state index contributed by atoms with van der Waals surface area (Å²) in [4.78, 5) is 25.6.